The van der Waals surface area contributed by atoms with Crippen molar-refractivity contribution in [1.29, 1.82) is 0 Å². The number of nitrogens with zero attached hydrogens (tertiary/aromatic N) is 1. The molecule has 0 aliphatic rings. The van der Waals surface area contributed by atoms with Crippen LogP contribution in [0.2, 0.25) is 10.0 Å². The highest BCUT2D eigenvalue weighted by Gasteiger charge is 2.26. The third-order valence-corrected chi connectivity index (χ3v) is 5.53. The normalized spacial score (nSPS) is 12.4. The molecule has 1 unspecified atom stereocenters. The van der Waals surface area contributed by atoms with Crippen molar-refractivity contribution in [3.8, 4) is 0 Å². The molecule has 0 fully saturated rings. The van der Waals surface area contributed by atoms with E-state index in [1.54, 1.807) is 25.1 Å². The summed E-state index contributed by atoms with van der Waals surface area (Å²) in [7, 11) is 0. The lowest BCUT2D eigenvalue weighted by Crippen LogP contribution is -2.15. The number of para-hydroxylation sites is 1. The van der Waals surface area contributed by atoms with Gasteiger partial charge in [-0.1, -0.05) is 60.5 Å². The summed E-state index contributed by atoms with van der Waals surface area (Å²) >= 11 is 12.2. The Hall–Kier alpha value is -2.76. The molecule has 7 heteroatoms. The van der Waals surface area contributed by atoms with Crippen molar-refractivity contribution in [3.63, 3.8) is 0 Å². The highest BCUT2D eigenvalue weighted by atomic mass is 35.5. The molecule has 1 aromatic heterocycles. The molecule has 0 radical (unpaired) electrons. The summed E-state index contributed by atoms with van der Waals surface area (Å²) in [5.74, 6) is -1.82. The maximum Gasteiger partial charge on any atom is 0.355 e. The quantitative estimate of drug-likeness (QED) is 0.362. The second-order valence-electron chi connectivity index (χ2n) is 6.82. The van der Waals surface area contributed by atoms with E-state index >= 15 is 0 Å². The summed E-state index contributed by atoms with van der Waals surface area (Å²) in [5, 5.41) is 10.8. The smallest absolute Gasteiger partial charge is 0.355 e. The molecule has 0 saturated heterocycles. The summed E-state index contributed by atoms with van der Waals surface area (Å²) in [4.78, 5) is 24.0. The Bertz CT molecular complexity index is 1130. The molecule has 2 aromatic carbocycles. The van der Waals surface area contributed by atoms with Crippen molar-refractivity contribution in [1.82, 2.24) is 4.57 Å². The average molecular weight is 446 g/mol. The number of carbonyl (C=O) groups is 2. The summed E-state index contributed by atoms with van der Waals surface area (Å²) in [5.41, 5.74) is 2.83. The molecule has 3 aromatic rings. The fourth-order valence-corrected chi connectivity index (χ4v) is 3.84. The number of carbonyl (C=O) groups excluding carboxylic acids is 1. The van der Waals surface area contributed by atoms with Crippen LogP contribution in [0.3, 0.4) is 0 Å². The van der Waals surface area contributed by atoms with Crippen LogP contribution in [0.5, 0.6) is 0 Å². The van der Waals surface area contributed by atoms with Gasteiger partial charge in [-0.15, -0.1) is 0 Å². The fourth-order valence-electron chi connectivity index (χ4n) is 3.52. The molecule has 156 valence electrons. The summed E-state index contributed by atoms with van der Waals surface area (Å²) in [6, 6.07) is 13.0. The minimum Gasteiger partial charge on any atom is -0.478 e. The molecule has 5 nitrogen and oxygen atoms in total. The topological polar surface area (TPSA) is 68.5 Å². The number of hydrogen-bond acceptors (Lipinski definition) is 3. The van der Waals surface area contributed by atoms with E-state index in [2.05, 4.69) is 0 Å². The van der Waals surface area contributed by atoms with Crippen molar-refractivity contribution in [2.45, 2.75) is 26.3 Å². The fraction of sp³-hybridized carbons (Fsp3) is 0.217. The van der Waals surface area contributed by atoms with E-state index in [4.69, 9.17) is 33.0 Å². The highest BCUT2D eigenvalue weighted by molar-refractivity contribution is 6.42. The van der Waals surface area contributed by atoms with Crippen molar-refractivity contribution in [2.75, 3.05) is 6.61 Å². The van der Waals surface area contributed by atoms with Gasteiger partial charge < -0.3 is 14.4 Å². The van der Waals surface area contributed by atoms with Gasteiger partial charge in [0.25, 0.3) is 0 Å². The molecule has 0 bridgehead atoms. The van der Waals surface area contributed by atoms with Gasteiger partial charge in [-0.2, -0.15) is 0 Å². The van der Waals surface area contributed by atoms with Crippen LogP contribution in [-0.2, 0) is 16.1 Å². The molecule has 0 spiro atoms. The van der Waals surface area contributed by atoms with Crippen molar-refractivity contribution < 1.29 is 19.4 Å². The third kappa shape index (κ3) is 4.53. The van der Waals surface area contributed by atoms with Gasteiger partial charge in [0.15, 0.2) is 0 Å². The molecule has 30 heavy (non-hydrogen) atoms. The van der Waals surface area contributed by atoms with Crippen LogP contribution in [0, 0.1) is 0 Å². The van der Waals surface area contributed by atoms with Gasteiger partial charge >= 0.3 is 11.9 Å². The van der Waals surface area contributed by atoms with Crippen molar-refractivity contribution >= 4 is 46.0 Å². The predicted octanol–water partition coefficient (Wildman–Crippen LogP) is 5.92. The number of ether oxygens (including phenoxy) is 1. The van der Waals surface area contributed by atoms with E-state index in [0.717, 1.165) is 28.1 Å². The molecular weight excluding hydrogens is 425 g/mol. The minimum atomic E-state index is -1.04. The molecule has 1 N–H and O–H groups in total. The van der Waals surface area contributed by atoms with Crippen LogP contribution in [0.15, 0.2) is 54.6 Å². The van der Waals surface area contributed by atoms with Gasteiger partial charge in [-0.3, -0.25) is 0 Å². The number of halogens is 2. The molecule has 0 amide bonds. The summed E-state index contributed by atoms with van der Waals surface area (Å²) in [6.07, 6.45) is 2.65. The number of benzene rings is 2. The number of fused-ring (bicyclic) bond motifs is 1. The zero-order valence-corrected chi connectivity index (χ0v) is 18.1. The molecule has 1 heterocycles. The van der Waals surface area contributed by atoms with E-state index in [1.165, 1.54) is 0 Å². The highest BCUT2D eigenvalue weighted by Crippen LogP contribution is 2.34. The summed E-state index contributed by atoms with van der Waals surface area (Å²) < 4.78 is 7.23. The lowest BCUT2D eigenvalue weighted by molar-refractivity contribution is -0.131. The van der Waals surface area contributed by atoms with Crippen LogP contribution in [0.25, 0.3) is 10.9 Å². The Balaban J connectivity index is 2.24. The second-order valence-corrected chi connectivity index (χ2v) is 7.63. The summed E-state index contributed by atoms with van der Waals surface area (Å²) in [6.45, 7) is 4.21. The molecular formula is C23H21Cl2NO4. The van der Waals surface area contributed by atoms with Crippen LogP contribution in [0.1, 0.15) is 41.4 Å². The Morgan fingerprint density at radius 3 is 2.57 bits per heavy atom. The number of allylic oxidation sites excluding steroid dienone is 1. The van der Waals surface area contributed by atoms with Crippen LogP contribution >= 0.6 is 23.2 Å². The van der Waals surface area contributed by atoms with Crippen molar-refractivity contribution in [3.05, 3.63) is 81.5 Å². The third-order valence-electron chi connectivity index (χ3n) is 4.79. The first-order chi connectivity index (χ1) is 14.3. The first-order valence-corrected chi connectivity index (χ1v) is 10.2. The largest absolute Gasteiger partial charge is 0.478 e. The minimum absolute atomic E-state index is 0.228. The zero-order chi connectivity index (χ0) is 21.8. The zero-order valence-electron chi connectivity index (χ0n) is 16.6. The predicted molar refractivity (Wildman–Crippen MR) is 119 cm³/mol. The Morgan fingerprint density at radius 1 is 1.17 bits per heavy atom. The standard InChI is InChI=1S/C23H21Cl2NO4/c1-3-30-23(29)22-21(14(2)8-11-20(27)28)16-6-4-5-7-19(16)26(22)13-15-9-10-17(24)18(25)12-15/h4-12,14H,3,13H2,1-2H3,(H,27,28)/b11-8-. The van der Waals surface area contributed by atoms with Gasteiger partial charge in [0.1, 0.15) is 5.69 Å². The number of aromatic nitrogens is 1. The molecule has 1 atom stereocenters. The number of carboxylic acid groups (broad SMARTS) is 1. The SMILES string of the molecule is CCOC(=O)c1c(C(C)/C=C\C(=O)O)c2ccccc2n1Cc1ccc(Cl)c(Cl)c1. The van der Waals surface area contributed by atoms with Crippen LogP contribution in [0.4, 0.5) is 0 Å². The van der Waals surface area contributed by atoms with Gasteiger partial charge in [-0.25, -0.2) is 9.59 Å². The van der Waals surface area contributed by atoms with Gasteiger partial charge in [0.2, 0.25) is 0 Å². The molecule has 0 aliphatic carbocycles. The van der Waals surface area contributed by atoms with Crippen molar-refractivity contribution in [2.24, 2.45) is 0 Å². The van der Waals surface area contributed by atoms with Gasteiger partial charge in [0, 0.05) is 29.4 Å². The maximum atomic E-state index is 13.0. The van der Waals surface area contributed by atoms with E-state index in [0.29, 0.717) is 22.3 Å². The molecule has 0 aliphatic heterocycles. The number of rotatable bonds is 7. The molecule has 3 rings (SSSR count). The average Bonchev–Trinajstić information content (AvgIpc) is 3.03. The Kier molecular flexibility index (Phi) is 6.85. The lowest BCUT2D eigenvalue weighted by Gasteiger charge is -2.14. The molecule has 0 saturated carbocycles. The van der Waals surface area contributed by atoms with Gasteiger partial charge in [0.05, 0.1) is 16.7 Å². The first-order valence-electron chi connectivity index (χ1n) is 9.46. The Morgan fingerprint density at radius 2 is 1.90 bits per heavy atom. The van der Waals surface area contributed by atoms with E-state index in [1.807, 2.05) is 41.8 Å². The number of esters is 1. The van der Waals surface area contributed by atoms with Gasteiger partial charge in [-0.05, 0) is 36.2 Å². The first kappa shape index (κ1) is 21.9. The van der Waals surface area contributed by atoms with Crippen LogP contribution < -0.4 is 0 Å². The van der Waals surface area contributed by atoms with E-state index in [-0.39, 0.29) is 12.5 Å². The Labute approximate surface area is 184 Å². The monoisotopic (exact) mass is 445 g/mol. The lowest BCUT2D eigenvalue weighted by atomic mass is 9.97. The maximum absolute atomic E-state index is 13.0. The van der Waals surface area contributed by atoms with E-state index < -0.39 is 11.9 Å². The van der Waals surface area contributed by atoms with E-state index in [9.17, 15) is 9.59 Å². The number of carboxylic acids is 1. The number of hydrogen-bond donors (Lipinski definition) is 1. The number of aliphatic carboxylic acids is 1. The van der Waals surface area contributed by atoms with Crippen LogP contribution in [-0.4, -0.2) is 28.2 Å². The second kappa shape index (κ2) is 9.37.